The van der Waals surface area contributed by atoms with Crippen LogP contribution in [0, 0.1) is 11.3 Å². The fraction of sp³-hybridized carbons (Fsp3) is 0.0909. The minimum atomic E-state index is 0.415. The Labute approximate surface area is 77.9 Å². The molecule has 0 unspecified atom stereocenters. The van der Waals surface area contributed by atoms with Crippen molar-refractivity contribution >= 4 is 18.5 Å². The normalized spacial score (nSPS) is 8.85. The van der Waals surface area contributed by atoms with Crippen LogP contribution in [0.4, 0.5) is 5.69 Å². The molecule has 0 aliphatic heterocycles. The van der Waals surface area contributed by atoms with Gasteiger partial charge in [0, 0.05) is 0 Å². The number of benzene rings is 1. The van der Waals surface area contributed by atoms with Crippen molar-refractivity contribution in [3.05, 3.63) is 35.9 Å². The summed E-state index contributed by atoms with van der Waals surface area (Å²) in [6, 6.07) is 7.71. The lowest BCUT2D eigenvalue weighted by molar-refractivity contribution is 1.26. The number of aliphatic imine (C=N–C) groups is 1. The van der Waals surface area contributed by atoms with Gasteiger partial charge in [0.25, 0.3) is 0 Å². The molecule has 0 amide bonds. The van der Waals surface area contributed by atoms with Crippen LogP contribution < -0.4 is 0 Å². The van der Waals surface area contributed by atoms with Crippen LogP contribution in [0.2, 0.25) is 0 Å². The molecule has 1 aromatic rings. The first-order chi connectivity index (χ1) is 6.31. The lowest BCUT2D eigenvalue weighted by atomic mass is 10.1. The first kappa shape index (κ1) is 9.21. The number of rotatable bonds is 3. The fourth-order valence-electron chi connectivity index (χ4n) is 1.11. The zero-order valence-corrected chi connectivity index (χ0v) is 7.33. The van der Waals surface area contributed by atoms with Crippen LogP contribution in [0.25, 0.3) is 6.08 Å². The van der Waals surface area contributed by atoms with E-state index in [-0.39, 0.29) is 0 Å². The maximum atomic E-state index is 8.50. The molecule has 2 nitrogen and oxygen atoms in total. The van der Waals surface area contributed by atoms with E-state index in [4.69, 9.17) is 5.26 Å². The Balaban J connectivity index is 3.14. The van der Waals surface area contributed by atoms with Crippen molar-refractivity contribution < 1.29 is 0 Å². The average molecular weight is 170 g/mol. The summed E-state index contributed by atoms with van der Waals surface area (Å²) in [7, 11) is 0. The van der Waals surface area contributed by atoms with Crippen molar-refractivity contribution in [2.24, 2.45) is 4.99 Å². The summed E-state index contributed by atoms with van der Waals surface area (Å²) < 4.78 is 0. The van der Waals surface area contributed by atoms with E-state index in [0.717, 1.165) is 16.8 Å². The molecule has 0 aliphatic carbocycles. The molecule has 0 spiro atoms. The molecule has 1 rings (SSSR count). The van der Waals surface area contributed by atoms with Gasteiger partial charge in [-0.05, 0) is 30.0 Å². The van der Waals surface area contributed by atoms with Gasteiger partial charge in [-0.2, -0.15) is 5.26 Å². The summed E-state index contributed by atoms with van der Waals surface area (Å²) in [5.74, 6) is 0. The summed E-state index contributed by atoms with van der Waals surface area (Å²) in [6.07, 6.45) is 2.13. The predicted molar refractivity (Wildman–Crippen MR) is 55.1 cm³/mol. The van der Waals surface area contributed by atoms with E-state index in [9.17, 15) is 0 Å². The Morgan fingerprint density at radius 1 is 1.54 bits per heavy atom. The Morgan fingerprint density at radius 3 is 2.85 bits per heavy atom. The lowest BCUT2D eigenvalue weighted by Gasteiger charge is -2.01. The van der Waals surface area contributed by atoms with Gasteiger partial charge >= 0.3 is 0 Å². The highest BCUT2D eigenvalue weighted by Gasteiger charge is 1.98. The van der Waals surface area contributed by atoms with Crippen LogP contribution in [0.1, 0.15) is 11.1 Å². The highest BCUT2D eigenvalue weighted by molar-refractivity contribution is 5.65. The monoisotopic (exact) mass is 170 g/mol. The minimum Gasteiger partial charge on any atom is -0.264 e. The van der Waals surface area contributed by atoms with Gasteiger partial charge < -0.3 is 0 Å². The second-order valence-electron chi connectivity index (χ2n) is 2.59. The van der Waals surface area contributed by atoms with E-state index in [1.807, 2.05) is 18.2 Å². The van der Waals surface area contributed by atoms with Crippen LogP contribution in [-0.2, 0) is 6.42 Å². The van der Waals surface area contributed by atoms with Gasteiger partial charge in [-0.3, -0.25) is 4.99 Å². The molecule has 0 aromatic heterocycles. The molecule has 0 radical (unpaired) electrons. The third kappa shape index (κ3) is 2.03. The fourth-order valence-corrected chi connectivity index (χ4v) is 1.11. The Hall–Kier alpha value is -1.88. The van der Waals surface area contributed by atoms with Crippen molar-refractivity contribution in [3.63, 3.8) is 0 Å². The molecule has 0 N–H and O–H groups in total. The second-order valence-corrected chi connectivity index (χ2v) is 2.59. The van der Waals surface area contributed by atoms with Crippen LogP contribution >= 0.6 is 0 Å². The summed E-state index contributed by atoms with van der Waals surface area (Å²) in [6.45, 7) is 7.12. The number of nitrogens with zero attached hydrogens (tertiary/aromatic N) is 2. The number of hydrogen-bond donors (Lipinski definition) is 0. The van der Waals surface area contributed by atoms with E-state index >= 15 is 0 Å². The molecule has 0 fully saturated rings. The topological polar surface area (TPSA) is 36.1 Å². The molecule has 0 atom stereocenters. The molecular formula is C11H10N2. The first-order valence-electron chi connectivity index (χ1n) is 3.91. The molecule has 13 heavy (non-hydrogen) atoms. The van der Waals surface area contributed by atoms with Gasteiger partial charge in [-0.1, -0.05) is 18.7 Å². The zero-order valence-electron chi connectivity index (χ0n) is 7.33. The van der Waals surface area contributed by atoms with Crippen molar-refractivity contribution in [3.8, 4) is 6.07 Å². The van der Waals surface area contributed by atoms with E-state index in [2.05, 4.69) is 24.4 Å². The van der Waals surface area contributed by atoms with Gasteiger partial charge in [0.05, 0.1) is 18.2 Å². The Kier molecular flexibility index (Phi) is 2.99. The molecule has 1 aromatic carbocycles. The standard InChI is InChI=1S/C11H10N2/c1-3-10-8-9(6-7-12)4-5-11(10)13-2/h3-5,8H,1-2,6H2. The molecule has 2 heteroatoms. The predicted octanol–water partition coefficient (Wildman–Crippen LogP) is 2.73. The quantitative estimate of drug-likeness (QED) is 0.642. The van der Waals surface area contributed by atoms with Gasteiger partial charge in [0.1, 0.15) is 0 Å². The van der Waals surface area contributed by atoms with Crippen molar-refractivity contribution in [2.45, 2.75) is 6.42 Å². The lowest BCUT2D eigenvalue weighted by Crippen LogP contribution is -1.83. The number of hydrogen-bond acceptors (Lipinski definition) is 2. The Morgan fingerprint density at radius 2 is 2.31 bits per heavy atom. The average Bonchev–Trinajstić information content (AvgIpc) is 2.18. The minimum absolute atomic E-state index is 0.415. The highest BCUT2D eigenvalue weighted by atomic mass is 14.7. The van der Waals surface area contributed by atoms with Crippen molar-refractivity contribution in [1.29, 1.82) is 5.26 Å². The highest BCUT2D eigenvalue weighted by Crippen LogP contribution is 2.21. The second kappa shape index (κ2) is 4.22. The van der Waals surface area contributed by atoms with Crippen LogP contribution in [-0.4, -0.2) is 6.72 Å². The molecule has 0 heterocycles. The van der Waals surface area contributed by atoms with E-state index in [1.165, 1.54) is 0 Å². The van der Waals surface area contributed by atoms with Crippen molar-refractivity contribution in [2.75, 3.05) is 0 Å². The van der Waals surface area contributed by atoms with Crippen LogP contribution in [0.15, 0.2) is 29.8 Å². The van der Waals surface area contributed by atoms with Crippen LogP contribution in [0.3, 0.4) is 0 Å². The van der Waals surface area contributed by atoms with Gasteiger partial charge in [-0.15, -0.1) is 0 Å². The summed E-state index contributed by atoms with van der Waals surface area (Å²) >= 11 is 0. The molecule has 64 valence electrons. The van der Waals surface area contributed by atoms with Crippen LogP contribution in [0.5, 0.6) is 0 Å². The molecule has 0 saturated heterocycles. The molecular weight excluding hydrogens is 160 g/mol. The van der Waals surface area contributed by atoms with E-state index < -0.39 is 0 Å². The molecule has 0 saturated carbocycles. The maximum Gasteiger partial charge on any atom is 0.0694 e. The first-order valence-corrected chi connectivity index (χ1v) is 3.91. The van der Waals surface area contributed by atoms with E-state index in [1.54, 1.807) is 6.08 Å². The van der Waals surface area contributed by atoms with Gasteiger partial charge in [0.2, 0.25) is 0 Å². The third-order valence-electron chi connectivity index (χ3n) is 1.77. The maximum absolute atomic E-state index is 8.50. The van der Waals surface area contributed by atoms with Gasteiger partial charge in [0.15, 0.2) is 0 Å². The third-order valence-corrected chi connectivity index (χ3v) is 1.77. The van der Waals surface area contributed by atoms with E-state index in [0.29, 0.717) is 6.42 Å². The van der Waals surface area contributed by atoms with Gasteiger partial charge in [-0.25, -0.2) is 0 Å². The Bertz CT molecular complexity index is 372. The zero-order chi connectivity index (χ0) is 9.68. The van der Waals surface area contributed by atoms with Crippen molar-refractivity contribution in [1.82, 2.24) is 0 Å². The summed E-state index contributed by atoms with van der Waals surface area (Å²) in [5, 5.41) is 8.50. The smallest absolute Gasteiger partial charge is 0.0694 e. The number of nitriles is 1. The molecule has 0 aliphatic rings. The largest absolute Gasteiger partial charge is 0.264 e. The SMILES string of the molecule is C=Cc1cc(CC#N)ccc1N=C. The molecule has 0 bridgehead atoms. The summed E-state index contributed by atoms with van der Waals surface area (Å²) in [4.78, 5) is 3.84. The summed E-state index contributed by atoms with van der Waals surface area (Å²) in [5.41, 5.74) is 2.70.